The maximum Gasteiger partial charge on any atom is 0.227 e. The molecule has 0 aromatic rings. The van der Waals surface area contributed by atoms with Crippen LogP contribution in [-0.2, 0) is 4.79 Å². The molecule has 0 heterocycles. The lowest BCUT2D eigenvalue weighted by Crippen LogP contribution is -2.46. The highest BCUT2D eigenvalue weighted by Gasteiger charge is 2.34. The van der Waals surface area contributed by atoms with Crippen LogP contribution in [0.4, 0.5) is 0 Å². The minimum atomic E-state index is -0.354. The fourth-order valence-electron chi connectivity index (χ4n) is 2.58. The van der Waals surface area contributed by atoms with Crippen molar-refractivity contribution < 1.29 is 4.79 Å². The van der Waals surface area contributed by atoms with Crippen LogP contribution in [0.3, 0.4) is 0 Å². The van der Waals surface area contributed by atoms with Gasteiger partial charge in [0.25, 0.3) is 0 Å². The number of carbonyl (C=O) groups excluding carboxylic acids is 1. The molecule has 3 N–H and O–H groups in total. The second kappa shape index (κ2) is 10.2. The summed E-state index contributed by atoms with van der Waals surface area (Å²) < 4.78 is 0. The number of hydrogen-bond acceptors (Lipinski definition) is 3. The Morgan fingerprint density at radius 2 is 1.80 bits per heavy atom. The molecule has 4 heteroatoms. The Hall–Kier alpha value is -0.610. The van der Waals surface area contributed by atoms with Crippen LogP contribution in [0.15, 0.2) is 0 Å². The molecule has 0 aliphatic rings. The van der Waals surface area contributed by atoms with Crippen molar-refractivity contribution in [2.45, 2.75) is 65.8 Å². The average molecular weight is 285 g/mol. The van der Waals surface area contributed by atoms with Gasteiger partial charge in [-0.15, -0.1) is 0 Å². The first-order valence-electron chi connectivity index (χ1n) is 8.12. The standard InChI is InChI=1S/C16H35N3O/c1-6-9-16(13-17,10-7-2)15(20)18-11-8-12-19(5)14(3)4/h14H,6-13,17H2,1-5H3,(H,18,20). The monoisotopic (exact) mass is 285 g/mol. The normalized spacial score (nSPS) is 12.2. The SMILES string of the molecule is CCCC(CN)(CCC)C(=O)NCCCN(C)C(C)C. The Kier molecular flexibility index (Phi) is 9.86. The fraction of sp³-hybridized carbons (Fsp3) is 0.938. The number of nitrogens with zero attached hydrogens (tertiary/aromatic N) is 1. The number of hydrogen-bond donors (Lipinski definition) is 2. The lowest BCUT2D eigenvalue weighted by atomic mass is 9.78. The summed E-state index contributed by atoms with van der Waals surface area (Å²) in [6.07, 6.45) is 4.75. The first-order chi connectivity index (χ1) is 9.43. The van der Waals surface area contributed by atoms with Crippen molar-refractivity contribution >= 4 is 5.91 Å². The minimum absolute atomic E-state index is 0.149. The summed E-state index contributed by atoms with van der Waals surface area (Å²) in [5.74, 6) is 0.149. The number of rotatable bonds is 11. The van der Waals surface area contributed by atoms with Crippen LogP contribution in [0, 0.1) is 5.41 Å². The van der Waals surface area contributed by atoms with Crippen LogP contribution in [0.5, 0.6) is 0 Å². The summed E-state index contributed by atoms with van der Waals surface area (Å²) in [6.45, 7) is 10.8. The van der Waals surface area contributed by atoms with E-state index in [9.17, 15) is 4.79 Å². The average Bonchev–Trinajstić information content (AvgIpc) is 2.42. The second-order valence-electron chi connectivity index (χ2n) is 6.17. The van der Waals surface area contributed by atoms with Crippen molar-refractivity contribution in [3.05, 3.63) is 0 Å². The number of amides is 1. The maximum absolute atomic E-state index is 12.4. The minimum Gasteiger partial charge on any atom is -0.356 e. The first kappa shape index (κ1) is 19.4. The van der Waals surface area contributed by atoms with Crippen LogP contribution < -0.4 is 11.1 Å². The summed E-state index contributed by atoms with van der Waals surface area (Å²) in [5.41, 5.74) is 5.55. The zero-order valence-corrected chi connectivity index (χ0v) is 14.2. The van der Waals surface area contributed by atoms with Crippen molar-refractivity contribution in [3.8, 4) is 0 Å². The van der Waals surface area contributed by atoms with E-state index >= 15 is 0 Å². The molecule has 0 radical (unpaired) electrons. The third kappa shape index (κ3) is 6.23. The van der Waals surface area contributed by atoms with E-state index in [0.29, 0.717) is 12.6 Å². The van der Waals surface area contributed by atoms with Crippen LogP contribution in [-0.4, -0.2) is 43.5 Å². The Morgan fingerprint density at radius 3 is 2.20 bits per heavy atom. The molecule has 0 atom stereocenters. The smallest absolute Gasteiger partial charge is 0.227 e. The Labute approximate surface area is 125 Å². The van der Waals surface area contributed by atoms with Gasteiger partial charge in [-0.1, -0.05) is 26.7 Å². The molecule has 0 rings (SSSR count). The molecule has 4 nitrogen and oxygen atoms in total. The zero-order chi connectivity index (χ0) is 15.6. The van der Waals surface area contributed by atoms with Gasteiger partial charge >= 0.3 is 0 Å². The third-order valence-electron chi connectivity index (χ3n) is 4.18. The van der Waals surface area contributed by atoms with Gasteiger partial charge in [0.15, 0.2) is 0 Å². The Bertz CT molecular complexity index is 260. The molecule has 20 heavy (non-hydrogen) atoms. The topological polar surface area (TPSA) is 58.4 Å². The molecule has 0 aliphatic carbocycles. The van der Waals surface area contributed by atoms with Crippen molar-refractivity contribution in [1.29, 1.82) is 0 Å². The quantitative estimate of drug-likeness (QED) is 0.573. The van der Waals surface area contributed by atoms with Gasteiger partial charge in [0, 0.05) is 19.1 Å². The lowest BCUT2D eigenvalue weighted by molar-refractivity contribution is -0.131. The predicted octanol–water partition coefficient (Wildman–Crippen LogP) is 2.38. The molecule has 0 spiro atoms. The van der Waals surface area contributed by atoms with Gasteiger partial charge in [0.2, 0.25) is 5.91 Å². The van der Waals surface area contributed by atoms with E-state index in [1.165, 1.54) is 0 Å². The second-order valence-corrected chi connectivity index (χ2v) is 6.17. The molecule has 0 aromatic carbocycles. The van der Waals surface area contributed by atoms with E-state index in [0.717, 1.165) is 45.2 Å². The molecule has 0 bridgehead atoms. The summed E-state index contributed by atoms with van der Waals surface area (Å²) in [6, 6.07) is 0.550. The summed E-state index contributed by atoms with van der Waals surface area (Å²) in [7, 11) is 2.12. The van der Waals surface area contributed by atoms with Crippen molar-refractivity contribution in [2.24, 2.45) is 11.1 Å². The fourth-order valence-corrected chi connectivity index (χ4v) is 2.58. The number of carbonyl (C=O) groups is 1. The van der Waals surface area contributed by atoms with Crippen molar-refractivity contribution in [2.75, 3.05) is 26.7 Å². The summed E-state index contributed by atoms with van der Waals surface area (Å²) in [4.78, 5) is 14.7. The van der Waals surface area contributed by atoms with Gasteiger partial charge < -0.3 is 16.0 Å². The van der Waals surface area contributed by atoms with E-state index in [1.54, 1.807) is 0 Å². The molecule has 1 amide bonds. The number of nitrogens with two attached hydrogens (primary N) is 1. The molecule has 0 aliphatic heterocycles. The molecule has 0 aromatic heterocycles. The molecule has 0 fully saturated rings. The molecular weight excluding hydrogens is 250 g/mol. The van der Waals surface area contributed by atoms with Crippen molar-refractivity contribution in [3.63, 3.8) is 0 Å². The van der Waals surface area contributed by atoms with Gasteiger partial charge in [0.1, 0.15) is 0 Å². The first-order valence-corrected chi connectivity index (χ1v) is 8.12. The van der Waals surface area contributed by atoms with Gasteiger partial charge in [-0.3, -0.25) is 4.79 Å². The van der Waals surface area contributed by atoms with Crippen molar-refractivity contribution in [1.82, 2.24) is 10.2 Å². The largest absolute Gasteiger partial charge is 0.356 e. The van der Waals surface area contributed by atoms with Crippen LogP contribution in [0.25, 0.3) is 0 Å². The van der Waals surface area contributed by atoms with E-state index in [2.05, 4.69) is 45.0 Å². The van der Waals surface area contributed by atoms with E-state index in [-0.39, 0.29) is 11.3 Å². The molecule has 0 saturated heterocycles. The lowest BCUT2D eigenvalue weighted by Gasteiger charge is -2.31. The highest BCUT2D eigenvalue weighted by molar-refractivity contribution is 5.82. The van der Waals surface area contributed by atoms with E-state index in [4.69, 9.17) is 5.73 Å². The molecule has 0 unspecified atom stereocenters. The third-order valence-corrected chi connectivity index (χ3v) is 4.18. The van der Waals surface area contributed by atoms with Gasteiger partial charge in [-0.05, 0) is 46.7 Å². The highest BCUT2D eigenvalue weighted by Crippen LogP contribution is 2.28. The van der Waals surface area contributed by atoms with Crippen LogP contribution >= 0.6 is 0 Å². The molecular formula is C16H35N3O. The number of nitrogens with one attached hydrogen (secondary N) is 1. The van der Waals surface area contributed by atoms with Crippen LogP contribution in [0.1, 0.15) is 59.8 Å². The summed E-state index contributed by atoms with van der Waals surface area (Å²) >= 11 is 0. The molecule has 120 valence electrons. The maximum atomic E-state index is 12.4. The molecule has 0 saturated carbocycles. The van der Waals surface area contributed by atoms with Gasteiger partial charge in [-0.25, -0.2) is 0 Å². The van der Waals surface area contributed by atoms with Gasteiger partial charge in [0.05, 0.1) is 5.41 Å². The highest BCUT2D eigenvalue weighted by atomic mass is 16.2. The summed E-state index contributed by atoms with van der Waals surface area (Å²) in [5, 5.41) is 3.09. The zero-order valence-electron chi connectivity index (χ0n) is 14.2. The van der Waals surface area contributed by atoms with Crippen LogP contribution in [0.2, 0.25) is 0 Å². The Morgan fingerprint density at radius 1 is 1.25 bits per heavy atom. The predicted molar refractivity (Wildman–Crippen MR) is 86.7 cm³/mol. The van der Waals surface area contributed by atoms with E-state index < -0.39 is 0 Å². The van der Waals surface area contributed by atoms with Gasteiger partial charge in [-0.2, -0.15) is 0 Å². The Balaban J connectivity index is 4.26. The van der Waals surface area contributed by atoms with E-state index in [1.807, 2.05) is 0 Å².